The summed E-state index contributed by atoms with van der Waals surface area (Å²) in [5, 5.41) is 5.87. The topological polar surface area (TPSA) is 12.0 Å². The van der Waals surface area contributed by atoms with Crippen molar-refractivity contribution in [2.75, 3.05) is 12.3 Å². The lowest BCUT2D eigenvalue weighted by Gasteiger charge is -2.24. The molecule has 0 saturated heterocycles. The minimum atomic E-state index is 0.555. The Morgan fingerprint density at radius 3 is 2.95 bits per heavy atom. The van der Waals surface area contributed by atoms with Crippen LogP contribution in [0.25, 0.3) is 0 Å². The van der Waals surface area contributed by atoms with Gasteiger partial charge in [-0.2, -0.15) is 0 Å². The highest BCUT2D eigenvalue weighted by Gasteiger charge is 2.29. The molecule has 2 aromatic rings. The molecule has 2 atom stereocenters. The molecular formula is C16H19NS2. The average molecular weight is 289 g/mol. The monoisotopic (exact) mass is 289 g/mol. The van der Waals surface area contributed by atoms with Gasteiger partial charge in [-0.1, -0.05) is 31.2 Å². The summed E-state index contributed by atoms with van der Waals surface area (Å²) in [7, 11) is 0. The molecule has 100 valence electrons. The Morgan fingerprint density at radius 1 is 1.26 bits per heavy atom. The summed E-state index contributed by atoms with van der Waals surface area (Å²) in [6.45, 7) is 3.24. The number of fused-ring (bicyclic) bond motifs is 1. The van der Waals surface area contributed by atoms with Crippen molar-refractivity contribution in [2.24, 2.45) is 0 Å². The van der Waals surface area contributed by atoms with Crippen LogP contribution < -0.4 is 5.32 Å². The highest BCUT2D eigenvalue weighted by molar-refractivity contribution is 7.99. The molecule has 3 rings (SSSR count). The van der Waals surface area contributed by atoms with Crippen LogP contribution in [-0.2, 0) is 6.42 Å². The van der Waals surface area contributed by atoms with Crippen LogP contribution in [0, 0.1) is 0 Å². The van der Waals surface area contributed by atoms with Gasteiger partial charge in [0, 0.05) is 27.5 Å². The zero-order valence-corrected chi connectivity index (χ0v) is 12.8. The van der Waals surface area contributed by atoms with Gasteiger partial charge >= 0.3 is 0 Å². The SMILES string of the molecule is CCNC(Cc1cccs1)C1CSc2ccccc21. The summed E-state index contributed by atoms with van der Waals surface area (Å²) in [4.78, 5) is 2.96. The largest absolute Gasteiger partial charge is 0.313 e. The van der Waals surface area contributed by atoms with Crippen molar-refractivity contribution in [3.63, 3.8) is 0 Å². The van der Waals surface area contributed by atoms with Gasteiger partial charge in [-0.05, 0) is 36.0 Å². The van der Waals surface area contributed by atoms with Gasteiger partial charge in [0.1, 0.15) is 0 Å². The molecule has 2 unspecified atom stereocenters. The van der Waals surface area contributed by atoms with Gasteiger partial charge in [0.2, 0.25) is 0 Å². The predicted octanol–water partition coefficient (Wildman–Crippen LogP) is 4.16. The molecule has 0 saturated carbocycles. The van der Waals surface area contributed by atoms with Crippen molar-refractivity contribution in [3.8, 4) is 0 Å². The lowest BCUT2D eigenvalue weighted by Crippen LogP contribution is -2.36. The minimum absolute atomic E-state index is 0.555. The highest BCUT2D eigenvalue weighted by Crippen LogP contribution is 2.41. The van der Waals surface area contributed by atoms with Crippen molar-refractivity contribution in [1.29, 1.82) is 0 Å². The van der Waals surface area contributed by atoms with Crippen molar-refractivity contribution in [3.05, 3.63) is 52.2 Å². The van der Waals surface area contributed by atoms with Crippen molar-refractivity contribution < 1.29 is 0 Å². The number of hydrogen-bond donors (Lipinski definition) is 1. The van der Waals surface area contributed by atoms with Crippen LogP contribution >= 0.6 is 23.1 Å². The summed E-state index contributed by atoms with van der Waals surface area (Å²) in [6.07, 6.45) is 1.14. The fourth-order valence-electron chi connectivity index (χ4n) is 2.78. The first-order valence-corrected chi connectivity index (χ1v) is 8.72. The lowest BCUT2D eigenvalue weighted by molar-refractivity contribution is 0.465. The number of likely N-dealkylation sites (N-methyl/N-ethyl adjacent to an activating group) is 1. The molecule has 0 bridgehead atoms. The third kappa shape index (κ3) is 2.88. The molecule has 0 amide bonds. The van der Waals surface area contributed by atoms with Gasteiger partial charge in [0.15, 0.2) is 0 Å². The Labute approximate surface area is 123 Å². The smallest absolute Gasteiger partial charge is 0.0192 e. The van der Waals surface area contributed by atoms with Crippen molar-refractivity contribution in [2.45, 2.75) is 30.2 Å². The Balaban J connectivity index is 1.81. The molecule has 1 nitrogen and oxygen atoms in total. The third-order valence-electron chi connectivity index (χ3n) is 3.69. The van der Waals surface area contributed by atoms with Gasteiger partial charge in [-0.25, -0.2) is 0 Å². The molecule has 19 heavy (non-hydrogen) atoms. The van der Waals surface area contributed by atoms with E-state index in [0.29, 0.717) is 12.0 Å². The van der Waals surface area contributed by atoms with Crippen LogP contribution in [-0.4, -0.2) is 18.3 Å². The highest BCUT2D eigenvalue weighted by atomic mass is 32.2. The lowest BCUT2D eigenvalue weighted by atomic mass is 9.91. The van der Waals surface area contributed by atoms with Crippen LogP contribution in [0.1, 0.15) is 23.3 Å². The molecule has 0 radical (unpaired) electrons. The molecule has 1 aliphatic heterocycles. The van der Waals surface area contributed by atoms with Crippen LogP contribution in [0.15, 0.2) is 46.7 Å². The van der Waals surface area contributed by atoms with E-state index in [1.54, 1.807) is 0 Å². The minimum Gasteiger partial charge on any atom is -0.313 e. The van der Waals surface area contributed by atoms with Crippen LogP contribution in [0.5, 0.6) is 0 Å². The first-order chi connectivity index (χ1) is 9.38. The molecular weight excluding hydrogens is 270 g/mol. The molecule has 0 spiro atoms. The first-order valence-electron chi connectivity index (χ1n) is 6.86. The number of benzene rings is 1. The predicted molar refractivity (Wildman–Crippen MR) is 85.4 cm³/mol. The number of hydrogen-bond acceptors (Lipinski definition) is 3. The maximum Gasteiger partial charge on any atom is 0.0192 e. The third-order valence-corrected chi connectivity index (χ3v) is 5.80. The number of nitrogens with one attached hydrogen (secondary N) is 1. The van der Waals surface area contributed by atoms with Crippen LogP contribution in [0.4, 0.5) is 0 Å². The van der Waals surface area contributed by atoms with E-state index in [1.165, 1.54) is 21.1 Å². The second-order valence-corrected chi connectivity index (χ2v) is 7.00. The van der Waals surface area contributed by atoms with Gasteiger partial charge < -0.3 is 5.32 Å². The Kier molecular flexibility index (Phi) is 4.26. The normalized spacial score (nSPS) is 19.3. The van der Waals surface area contributed by atoms with E-state index >= 15 is 0 Å². The number of thioether (sulfide) groups is 1. The fraction of sp³-hybridized carbons (Fsp3) is 0.375. The van der Waals surface area contributed by atoms with E-state index in [1.807, 2.05) is 23.1 Å². The number of thiophene rings is 1. The summed E-state index contributed by atoms with van der Waals surface area (Å²) in [6, 6.07) is 13.8. The number of rotatable bonds is 5. The first kappa shape index (κ1) is 13.2. The second-order valence-electron chi connectivity index (χ2n) is 4.90. The maximum atomic E-state index is 3.70. The average Bonchev–Trinajstić information content (AvgIpc) is 3.07. The molecule has 1 N–H and O–H groups in total. The molecule has 2 heterocycles. The van der Waals surface area contributed by atoms with E-state index in [0.717, 1.165) is 13.0 Å². The van der Waals surface area contributed by atoms with Crippen LogP contribution in [0.3, 0.4) is 0 Å². The summed E-state index contributed by atoms with van der Waals surface area (Å²) in [5.74, 6) is 1.85. The molecule has 1 aromatic heterocycles. The molecule has 1 aliphatic rings. The Morgan fingerprint density at radius 2 is 2.16 bits per heavy atom. The molecule has 3 heteroatoms. The van der Waals surface area contributed by atoms with Gasteiger partial charge in [-0.3, -0.25) is 0 Å². The second kappa shape index (κ2) is 6.12. The van der Waals surface area contributed by atoms with Gasteiger partial charge in [0.05, 0.1) is 0 Å². The van der Waals surface area contributed by atoms with Gasteiger partial charge in [0.25, 0.3) is 0 Å². The Hall–Kier alpha value is -0.770. The van der Waals surface area contributed by atoms with E-state index < -0.39 is 0 Å². The van der Waals surface area contributed by atoms with Crippen molar-refractivity contribution >= 4 is 23.1 Å². The summed E-state index contributed by atoms with van der Waals surface area (Å²) < 4.78 is 0. The molecule has 0 fully saturated rings. The quantitative estimate of drug-likeness (QED) is 0.887. The maximum absolute atomic E-state index is 3.70. The Bertz CT molecular complexity index is 521. The zero-order valence-electron chi connectivity index (χ0n) is 11.1. The van der Waals surface area contributed by atoms with Crippen molar-refractivity contribution in [1.82, 2.24) is 5.32 Å². The van der Waals surface area contributed by atoms with E-state index in [2.05, 4.69) is 54.0 Å². The van der Waals surface area contributed by atoms with E-state index in [-0.39, 0.29) is 0 Å². The van der Waals surface area contributed by atoms with Crippen LogP contribution in [0.2, 0.25) is 0 Å². The summed E-state index contributed by atoms with van der Waals surface area (Å²) >= 11 is 3.88. The zero-order chi connectivity index (χ0) is 13.1. The van der Waals surface area contributed by atoms with E-state index in [9.17, 15) is 0 Å². The van der Waals surface area contributed by atoms with Gasteiger partial charge in [-0.15, -0.1) is 23.1 Å². The summed E-state index contributed by atoms with van der Waals surface area (Å²) in [5.41, 5.74) is 1.54. The van der Waals surface area contributed by atoms with E-state index in [4.69, 9.17) is 0 Å². The molecule has 1 aromatic carbocycles. The fourth-order valence-corrected chi connectivity index (χ4v) is 4.88. The molecule has 0 aliphatic carbocycles. The standard InChI is InChI=1S/C16H19NS2/c1-2-17-15(10-12-6-5-9-18-12)14-11-19-16-8-4-3-7-13(14)16/h3-9,14-15,17H,2,10-11H2,1H3.